The highest BCUT2D eigenvalue weighted by molar-refractivity contribution is 7.98. The molecule has 5 heteroatoms. The number of thioether (sulfide) groups is 1. The van der Waals surface area contributed by atoms with Gasteiger partial charge in [0.15, 0.2) is 0 Å². The van der Waals surface area contributed by atoms with Gasteiger partial charge in [-0.25, -0.2) is 0 Å². The highest BCUT2D eigenvalue weighted by Crippen LogP contribution is 2.16. The average Bonchev–Trinajstić information content (AvgIpc) is 2.36. The molecule has 100 valence electrons. The molecule has 18 heavy (non-hydrogen) atoms. The number of amides is 1. The minimum Gasteiger partial charge on any atom is -0.348 e. The quantitative estimate of drug-likeness (QED) is 0.845. The van der Waals surface area contributed by atoms with Crippen LogP contribution in [0.5, 0.6) is 0 Å². The van der Waals surface area contributed by atoms with Crippen molar-refractivity contribution in [2.45, 2.75) is 25.4 Å². The number of hydrogen-bond donors (Lipinski definition) is 2. The molecule has 0 aliphatic carbocycles. The summed E-state index contributed by atoms with van der Waals surface area (Å²) in [5, 5.41) is 3.60. The van der Waals surface area contributed by atoms with Gasteiger partial charge < -0.3 is 11.1 Å². The van der Waals surface area contributed by atoms with Crippen molar-refractivity contribution in [3.8, 4) is 0 Å². The zero-order valence-electron chi connectivity index (χ0n) is 10.7. The normalized spacial score (nSPS) is 14.0. The van der Waals surface area contributed by atoms with Crippen molar-refractivity contribution in [2.75, 3.05) is 12.0 Å². The second kappa shape index (κ2) is 7.67. The van der Waals surface area contributed by atoms with E-state index in [-0.39, 0.29) is 11.9 Å². The first-order chi connectivity index (χ1) is 8.54. The third-order valence-corrected chi connectivity index (χ3v) is 3.59. The Morgan fingerprint density at radius 3 is 2.61 bits per heavy atom. The van der Waals surface area contributed by atoms with Crippen LogP contribution in [-0.4, -0.2) is 24.0 Å². The van der Waals surface area contributed by atoms with Crippen molar-refractivity contribution in [2.24, 2.45) is 5.73 Å². The van der Waals surface area contributed by atoms with Gasteiger partial charge in [-0.2, -0.15) is 11.8 Å². The van der Waals surface area contributed by atoms with E-state index in [9.17, 15) is 4.79 Å². The fraction of sp³-hybridized carbons (Fsp3) is 0.462. The van der Waals surface area contributed by atoms with E-state index in [1.165, 1.54) is 0 Å². The first-order valence-corrected chi connectivity index (χ1v) is 7.62. The summed E-state index contributed by atoms with van der Waals surface area (Å²) in [7, 11) is 0. The summed E-state index contributed by atoms with van der Waals surface area (Å²) in [5.41, 5.74) is 6.83. The molecule has 0 aromatic heterocycles. The molecule has 2 atom stereocenters. The number of carbonyl (C=O) groups is 1. The molecule has 1 aromatic carbocycles. The molecule has 0 heterocycles. The average molecular weight is 287 g/mol. The van der Waals surface area contributed by atoms with Crippen molar-refractivity contribution in [3.63, 3.8) is 0 Å². The van der Waals surface area contributed by atoms with E-state index in [0.717, 1.165) is 11.3 Å². The minimum absolute atomic E-state index is 0.0601. The third kappa shape index (κ3) is 4.88. The molecule has 0 bridgehead atoms. The van der Waals surface area contributed by atoms with Crippen LogP contribution in [0.25, 0.3) is 0 Å². The van der Waals surface area contributed by atoms with Gasteiger partial charge in [-0.15, -0.1) is 0 Å². The van der Waals surface area contributed by atoms with E-state index >= 15 is 0 Å². The van der Waals surface area contributed by atoms with E-state index in [1.807, 2.05) is 37.4 Å². The topological polar surface area (TPSA) is 55.1 Å². The largest absolute Gasteiger partial charge is 0.348 e. The fourth-order valence-corrected chi connectivity index (χ4v) is 2.15. The van der Waals surface area contributed by atoms with Gasteiger partial charge in [0.2, 0.25) is 5.91 Å². The van der Waals surface area contributed by atoms with Crippen molar-refractivity contribution >= 4 is 29.3 Å². The lowest BCUT2D eigenvalue weighted by atomic mass is 10.1. The number of carbonyl (C=O) groups excluding carboxylic acids is 1. The lowest BCUT2D eigenvalue weighted by Gasteiger charge is -2.17. The van der Waals surface area contributed by atoms with E-state index in [2.05, 4.69) is 5.32 Å². The van der Waals surface area contributed by atoms with Crippen LogP contribution in [0.15, 0.2) is 24.3 Å². The Kier molecular flexibility index (Phi) is 6.54. The van der Waals surface area contributed by atoms with Crippen LogP contribution >= 0.6 is 23.4 Å². The van der Waals surface area contributed by atoms with Crippen molar-refractivity contribution in [1.82, 2.24) is 5.32 Å². The van der Waals surface area contributed by atoms with Gasteiger partial charge in [0, 0.05) is 5.02 Å². The number of rotatable bonds is 6. The second-order valence-electron chi connectivity index (χ2n) is 4.17. The number of nitrogens with one attached hydrogen (secondary N) is 1. The Labute approximate surface area is 117 Å². The lowest BCUT2D eigenvalue weighted by Crippen LogP contribution is -2.41. The molecular formula is C13H19ClN2OS. The third-order valence-electron chi connectivity index (χ3n) is 2.70. The summed E-state index contributed by atoms with van der Waals surface area (Å²) in [6.07, 6.45) is 2.70. The SMILES string of the molecule is CSCC[C@H](N)C(=O)N[C@H](C)c1ccc(Cl)cc1. The molecule has 0 saturated carbocycles. The number of nitrogens with two attached hydrogens (primary N) is 1. The summed E-state index contributed by atoms with van der Waals surface area (Å²) in [4.78, 5) is 11.8. The van der Waals surface area contributed by atoms with Crippen LogP contribution in [-0.2, 0) is 4.79 Å². The summed E-state index contributed by atoms with van der Waals surface area (Å²) in [6.45, 7) is 1.93. The zero-order chi connectivity index (χ0) is 13.5. The first-order valence-electron chi connectivity index (χ1n) is 5.85. The van der Waals surface area contributed by atoms with Gasteiger partial charge in [-0.05, 0) is 43.0 Å². The Hall–Kier alpha value is -0.710. The van der Waals surface area contributed by atoms with Gasteiger partial charge in [-0.3, -0.25) is 4.79 Å². The van der Waals surface area contributed by atoms with E-state index in [1.54, 1.807) is 11.8 Å². The molecule has 0 radical (unpaired) electrons. The Balaban J connectivity index is 2.51. The van der Waals surface area contributed by atoms with E-state index < -0.39 is 6.04 Å². The minimum atomic E-state index is -0.438. The predicted octanol–water partition coefficient (Wildman–Crippen LogP) is 2.60. The van der Waals surface area contributed by atoms with Gasteiger partial charge in [0.05, 0.1) is 12.1 Å². The first kappa shape index (κ1) is 15.3. The maximum atomic E-state index is 11.8. The Morgan fingerprint density at radius 2 is 2.06 bits per heavy atom. The van der Waals surface area contributed by atoms with Gasteiger partial charge in [0.25, 0.3) is 0 Å². The molecule has 0 fully saturated rings. The molecule has 0 saturated heterocycles. The molecule has 3 N–H and O–H groups in total. The number of hydrogen-bond acceptors (Lipinski definition) is 3. The molecular weight excluding hydrogens is 268 g/mol. The number of benzene rings is 1. The molecule has 0 aliphatic heterocycles. The Bertz CT molecular complexity index is 383. The molecule has 0 aliphatic rings. The predicted molar refractivity (Wildman–Crippen MR) is 79.0 cm³/mol. The molecule has 1 amide bonds. The van der Waals surface area contributed by atoms with Crippen LogP contribution in [0.2, 0.25) is 5.02 Å². The second-order valence-corrected chi connectivity index (χ2v) is 5.59. The zero-order valence-corrected chi connectivity index (χ0v) is 12.2. The summed E-state index contributed by atoms with van der Waals surface area (Å²) >= 11 is 7.51. The summed E-state index contributed by atoms with van der Waals surface area (Å²) < 4.78 is 0. The van der Waals surface area contributed by atoms with Crippen LogP contribution in [0, 0.1) is 0 Å². The molecule has 0 spiro atoms. The van der Waals surface area contributed by atoms with Crippen LogP contribution in [0.4, 0.5) is 0 Å². The standard InChI is InChI=1S/C13H19ClN2OS/c1-9(10-3-5-11(14)6-4-10)16-13(17)12(15)7-8-18-2/h3-6,9,12H,7-8,15H2,1-2H3,(H,16,17)/t9-,12+/m1/s1. The highest BCUT2D eigenvalue weighted by atomic mass is 35.5. The van der Waals surface area contributed by atoms with Crippen LogP contribution in [0.3, 0.4) is 0 Å². The van der Waals surface area contributed by atoms with Gasteiger partial charge >= 0.3 is 0 Å². The van der Waals surface area contributed by atoms with E-state index in [4.69, 9.17) is 17.3 Å². The maximum Gasteiger partial charge on any atom is 0.237 e. The fourth-order valence-electron chi connectivity index (χ4n) is 1.53. The van der Waals surface area contributed by atoms with Crippen molar-refractivity contribution < 1.29 is 4.79 Å². The maximum absolute atomic E-state index is 11.8. The van der Waals surface area contributed by atoms with Crippen LogP contribution < -0.4 is 11.1 Å². The van der Waals surface area contributed by atoms with Gasteiger partial charge in [0.1, 0.15) is 0 Å². The monoisotopic (exact) mass is 286 g/mol. The number of halogens is 1. The van der Waals surface area contributed by atoms with Crippen molar-refractivity contribution in [3.05, 3.63) is 34.9 Å². The van der Waals surface area contributed by atoms with Crippen LogP contribution in [0.1, 0.15) is 24.9 Å². The molecule has 1 rings (SSSR count). The highest BCUT2D eigenvalue weighted by Gasteiger charge is 2.15. The van der Waals surface area contributed by atoms with Gasteiger partial charge in [-0.1, -0.05) is 23.7 Å². The molecule has 1 aromatic rings. The lowest BCUT2D eigenvalue weighted by molar-refractivity contribution is -0.123. The summed E-state index contributed by atoms with van der Waals surface area (Å²) in [5.74, 6) is 0.788. The molecule has 0 unspecified atom stereocenters. The van der Waals surface area contributed by atoms with Crippen molar-refractivity contribution in [1.29, 1.82) is 0 Å². The van der Waals surface area contributed by atoms with E-state index in [0.29, 0.717) is 11.4 Å². The Morgan fingerprint density at radius 1 is 1.44 bits per heavy atom. The molecule has 3 nitrogen and oxygen atoms in total. The summed E-state index contributed by atoms with van der Waals surface area (Å²) in [6, 6.07) is 6.93. The smallest absolute Gasteiger partial charge is 0.237 e.